The molecule has 0 saturated heterocycles. The second kappa shape index (κ2) is 8.77. The zero-order valence-electron chi connectivity index (χ0n) is 18.0. The van der Waals surface area contributed by atoms with E-state index in [0.717, 1.165) is 64.2 Å². The Labute approximate surface area is 182 Å². The quantitative estimate of drug-likeness (QED) is 0.737. The molecule has 0 aromatic carbocycles. The van der Waals surface area contributed by atoms with Crippen LogP contribution in [-0.4, -0.2) is 54.4 Å². The summed E-state index contributed by atoms with van der Waals surface area (Å²) in [6.45, 7) is 1.60. The van der Waals surface area contributed by atoms with E-state index in [2.05, 4.69) is 9.97 Å². The van der Waals surface area contributed by atoms with Gasteiger partial charge < -0.3 is 15.1 Å². The first-order chi connectivity index (χ1) is 14.9. The van der Waals surface area contributed by atoms with E-state index < -0.39 is 17.6 Å². The van der Waals surface area contributed by atoms with Crippen molar-refractivity contribution in [1.29, 1.82) is 0 Å². The van der Waals surface area contributed by atoms with E-state index in [1.807, 2.05) is 0 Å². The lowest BCUT2D eigenvalue weighted by molar-refractivity contribution is -0.150. The third-order valence-corrected chi connectivity index (χ3v) is 6.90. The number of nitrogens with zero attached hydrogens (tertiary/aromatic N) is 4. The number of hydrogen-bond donors (Lipinski definition) is 2. The highest BCUT2D eigenvalue weighted by molar-refractivity contribution is 6.26. The summed E-state index contributed by atoms with van der Waals surface area (Å²) in [6.07, 6.45) is 14.0. The fraction of sp³-hybridized carbons (Fsp3) is 0.609. The van der Waals surface area contributed by atoms with Crippen molar-refractivity contribution >= 4 is 23.3 Å². The number of carbonyl (C=O) groups is 2. The molecule has 31 heavy (non-hydrogen) atoms. The Bertz CT molecular complexity index is 901. The minimum atomic E-state index is -1.58. The average molecular weight is 427 g/mol. The first kappa shape index (κ1) is 21.5. The summed E-state index contributed by atoms with van der Waals surface area (Å²) in [5.41, 5.74) is -0.337. The maximum Gasteiger partial charge on any atom is 0.352 e. The molecule has 166 valence electrons. The molecule has 2 aliphatic carbocycles. The molecule has 1 aromatic rings. The lowest BCUT2D eigenvalue weighted by atomic mass is 9.80. The molecule has 2 heterocycles. The number of rotatable bonds is 5. The number of carboxylic acids is 2. The minimum absolute atomic E-state index is 0.0568. The van der Waals surface area contributed by atoms with Crippen LogP contribution in [0.2, 0.25) is 0 Å². The fourth-order valence-corrected chi connectivity index (χ4v) is 5.39. The van der Waals surface area contributed by atoms with Gasteiger partial charge >= 0.3 is 11.9 Å². The lowest BCUT2D eigenvalue weighted by Crippen LogP contribution is -2.58. The molecule has 1 atom stereocenters. The van der Waals surface area contributed by atoms with Gasteiger partial charge in [-0.2, -0.15) is 0 Å². The van der Waals surface area contributed by atoms with Crippen LogP contribution < -0.4 is 0 Å². The van der Waals surface area contributed by atoms with Gasteiger partial charge in [0.25, 0.3) is 0 Å². The molecule has 0 bridgehead atoms. The molecule has 1 aliphatic heterocycles. The van der Waals surface area contributed by atoms with Crippen LogP contribution in [0, 0.1) is 5.92 Å². The highest BCUT2D eigenvalue weighted by Gasteiger charge is 2.51. The molecule has 2 N–H and O–H groups in total. The summed E-state index contributed by atoms with van der Waals surface area (Å²) in [6, 6.07) is -0.113. The molecule has 8 nitrogen and oxygen atoms in total. The van der Waals surface area contributed by atoms with Gasteiger partial charge in [-0.1, -0.05) is 38.5 Å². The standard InChI is InChI=1S/C23H30N4O4/c1-23(22(30)31)26-19(15-8-4-2-5-9-15)18(21(28)29)20(17-14-24-12-13-25-17)27(23)16-10-6-3-7-11-16/h12-16H,2-11H2,1H3,(H,28,29)(H,30,31). The number of aliphatic imine (C=N–C) groups is 1. The first-order valence-electron chi connectivity index (χ1n) is 11.3. The van der Waals surface area contributed by atoms with Crippen LogP contribution in [0.25, 0.3) is 5.70 Å². The van der Waals surface area contributed by atoms with Gasteiger partial charge in [0, 0.05) is 24.4 Å². The molecular formula is C23H30N4O4. The molecule has 2 fully saturated rings. The van der Waals surface area contributed by atoms with E-state index in [4.69, 9.17) is 4.99 Å². The maximum absolute atomic E-state index is 12.7. The maximum atomic E-state index is 12.7. The van der Waals surface area contributed by atoms with Gasteiger partial charge in [-0.15, -0.1) is 0 Å². The van der Waals surface area contributed by atoms with Crippen LogP contribution in [0.5, 0.6) is 0 Å². The number of hydrogen-bond acceptors (Lipinski definition) is 6. The van der Waals surface area contributed by atoms with Gasteiger partial charge in [-0.25, -0.2) is 14.6 Å². The molecular weight excluding hydrogens is 396 g/mol. The minimum Gasteiger partial charge on any atom is -0.478 e. The molecule has 1 aromatic heterocycles. The summed E-state index contributed by atoms with van der Waals surface area (Å²) in [4.78, 5) is 40.3. The Kier molecular flexibility index (Phi) is 6.07. The Morgan fingerprint density at radius 2 is 1.65 bits per heavy atom. The van der Waals surface area contributed by atoms with Crippen molar-refractivity contribution in [3.05, 3.63) is 29.9 Å². The van der Waals surface area contributed by atoms with Crippen molar-refractivity contribution in [2.45, 2.75) is 82.8 Å². The smallest absolute Gasteiger partial charge is 0.352 e. The number of aliphatic carboxylic acids is 2. The number of carboxylic acid groups (broad SMARTS) is 2. The van der Waals surface area contributed by atoms with Crippen molar-refractivity contribution in [1.82, 2.24) is 14.9 Å². The predicted molar refractivity (Wildman–Crippen MR) is 115 cm³/mol. The van der Waals surface area contributed by atoms with Crippen LogP contribution in [0.15, 0.2) is 29.2 Å². The van der Waals surface area contributed by atoms with E-state index >= 15 is 0 Å². The van der Waals surface area contributed by atoms with Crippen LogP contribution in [0.4, 0.5) is 0 Å². The molecule has 3 aliphatic rings. The van der Waals surface area contributed by atoms with Gasteiger partial charge in [0.05, 0.1) is 17.6 Å². The lowest BCUT2D eigenvalue weighted by Gasteiger charge is -2.48. The molecule has 2 saturated carbocycles. The van der Waals surface area contributed by atoms with E-state index in [1.54, 1.807) is 11.8 Å². The normalized spacial score (nSPS) is 26.0. The summed E-state index contributed by atoms with van der Waals surface area (Å²) >= 11 is 0. The van der Waals surface area contributed by atoms with Gasteiger partial charge in [0.2, 0.25) is 5.66 Å². The Morgan fingerprint density at radius 1 is 1.00 bits per heavy atom. The van der Waals surface area contributed by atoms with Gasteiger partial charge in [0.15, 0.2) is 0 Å². The average Bonchev–Trinajstić information content (AvgIpc) is 2.79. The van der Waals surface area contributed by atoms with Gasteiger partial charge in [0.1, 0.15) is 11.3 Å². The van der Waals surface area contributed by atoms with E-state index in [0.29, 0.717) is 17.1 Å². The highest BCUT2D eigenvalue weighted by Crippen LogP contribution is 2.43. The number of aromatic nitrogens is 2. The predicted octanol–water partition coefficient (Wildman–Crippen LogP) is 3.74. The monoisotopic (exact) mass is 426 g/mol. The van der Waals surface area contributed by atoms with Crippen LogP contribution in [-0.2, 0) is 9.59 Å². The first-order valence-corrected chi connectivity index (χ1v) is 11.3. The van der Waals surface area contributed by atoms with E-state index in [-0.39, 0.29) is 17.5 Å². The van der Waals surface area contributed by atoms with E-state index in [1.165, 1.54) is 18.6 Å². The van der Waals surface area contributed by atoms with Crippen LogP contribution in [0.3, 0.4) is 0 Å². The van der Waals surface area contributed by atoms with E-state index in [9.17, 15) is 19.8 Å². The molecule has 0 amide bonds. The second-order valence-corrected chi connectivity index (χ2v) is 8.94. The zero-order valence-corrected chi connectivity index (χ0v) is 18.0. The third kappa shape index (κ3) is 3.95. The summed E-state index contributed by atoms with van der Waals surface area (Å²) < 4.78 is 0. The summed E-state index contributed by atoms with van der Waals surface area (Å²) in [5, 5.41) is 20.7. The van der Waals surface area contributed by atoms with Gasteiger partial charge in [-0.3, -0.25) is 9.97 Å². The zero-order chi connectivity index (χ0) is 22.0. The SMILES string of the molecule is CC1(C(=O)O)N=C(C2CCCCC2)C(C(=O)O)=C(c2cnccn2)N1C1CCCCC1. The Hall–Kier alpha value is -2.77. The van der Waals surface area contributed by atoms with Gasteiger partial charge in [-0.05, 0) is 32.6 Å². The van der Waals surface area contributed by atoms with Crippen molar-refractivity contribution in [2.24, 2.45) is 10.9 Å². The van der Waals surface area contributed by atoms with Crippen molar-refractivity contribution in [3.63, 3.8) is 0 Å². The van der Waals surface area contributed by atoms with Crippen LogP contribution >= 0.6 is 0 Å². The molecule has 4 rings (SSSR count). The van der Waals surface area contributed by atoms with Crippen molar-refractivity contribution in [3.8, 4) is 0 Å². The Morgan fingerprint density at radius 3 is 2.19 bits per heavy atom. The van der Waals surface area contributed by atoms with Crippen molar-refractivity contribution < 1.29 is 19.8 Å². The Balaban J connectivity index is 1.97. The fourth-order valence-electron chi connectivity index (χ4n) is 5.39. The summed E-state index contributed by atoms with van der Waals surface area (Å²) in [5.74, 6) is -2.21. The largest absolute Gasteiger partial charge is 0.478 e. The molecule has 1 unspecified atom stereocenters. The van der Waals surface area contributed by atoms with Crippen LogP contribution in [0.1, 0.15) is 76.8 Å². The molecule has 0 radical (unpaired) electrons. The van der Waals surface area contributed by atoms with Crippen molar-refractivity contribution in [2.75, 3.05) is 0 Å². The summed E-state index contributed by atoms with van der Waals surface area (Å²) in [7, 11) is 0. The topological polar surface area (TPSA) is 116 Å². The molecule has 0 spiro atoms. The second-order valence-electron chi connectivity index (χ2n) is 8.94. The third-order valence-electron chi connectivity index (χ3n) is 6.90. The highest BCUT2D eigenvalue weighted by atomic mass is 16.4. The molecule has 8 heteroatoms.